The topological polar surface area (TPSA) is 70.9 Å². The third kappa shape index (κ3) is 4.75. The molecule has 1 atom stereocenters. The predicted octanol–water partition coefficient (Wildman–Crippen LogP) is 1.40. The van der Waals surface area contributed by atoms with Crippen molar-refractivity contribution in [3.63, 3.8) is 0 Å². The van der Waals surface area contributed by atoms with E-state index in [9.17, 15) is 8.42 Å². The molecule has 0 aliphatic carbocycles. The maximum atomic E-state index is 12.9. The van der Waals surface area contributed by atoms with E-state index in [1.54, 1.807) is 22.1 Å². The maximum Gasteiger partial charge on any atom is 0.262 e. The molecule has 0 amide bonds. The Balaban J connectivity index is 1.33. The zero-order valence-corrected chi connectivity index (χ0v) is 19.5. The molecule has 4 heterocycles. The lowest BCUT2D eigenvalue weighted by molar-refractivity contribution is -0.130. The van der Waals surface area contributed by atoms with Gasteiger partial charge >= 0.3 is 0 Å². The first-order chi connectivity index (χ1) is 14.3. The molecular formula is C21H37N5O3S. The molecule has 0 unspecified atom stereocenters. The fourth-order valence-corrected chi connectivity index (χ4v) is 6.69. The quantitative estimate of drug-likeness (QED) is 0.691. The first kappa shape index (κ1) is 22.2. The fourth-order valence-electron chi connectivity index (χ4n) is 5.28. The van der Waals surface area contributed by atoms with Gasteiger partial charge < -0.3 is 14.2 Å². The average Bonchev–Trinajstić information content (AvgIpc) is 3.16. The Bertz CT molecular complexity index is 808. The van der Waals surface area contributed by atoms with Gasteiger partial charge in [0.05, 0.1) is 11.9 Å². The summed E-state index contributed by atoms with van der Waals surface area (Å²) in [4.78, 5) is 9.29. The van der Waals surface area contributed by atoms with Gasteiger partial charge in [0.1, 0.15) is 0 Å². The lowest BCUT2D eigenvalue weighted by Gasteiger charge is -2.49. The molecule has 3 aliphatic heterocycles. The second-order valence-corrected chi connectivity index (χ2v) is 11.6. The number of ether oxygens (including phenoxy) is 1. The van der Waals surface area contributed by atoms with Crippen LogP contribution in [0.3, 0.4) is 0 Å². The number of piperidine rings is 1. The molecule has 0 aromatic carbocycles. The molecule has 170 valence electrons. The molecule has 3 aliphatic rings. The second-order valence-electron chi connectivity index (χ2n) is 9.69. The summed E-state index contributed by atoms with van der Waals surface area (Å²) in [5, 5.41) is 0.141. The van der Waals surface area contributed by atoms with Crippen molar-refractivity contribution < 1.29 is 13.2 Å². The van der Waals surface area contributed by atoms with Crippen molar-refractivity contribution in [3.05, 3.63) is 12.5 Å². The predicted molar refractivity (Wildman–Crippen MR) is 116 cm³/mol. The lowest BCUT2D eigenvalue weighted by Crippen LogP contribution is -2.57. The highest BCUT2D eigenvalue weighted by Gasteiger charge is 2.44. The molecule has 8 nitrogen and oxygen atoms in total. The largest absolute Gasteiger partial charge is 0.375 e. The molecular weight excluding hydrogens is 402 g/mol. The second kappa shape index (κ2) is 8.86. The Morgan fingerprint density at radius 1 is 1.17 bits per heavy atom. The van der Waals surface area contributed by atoms with E-state index < -0.39 is 10.0 Å². The van der Waals surface area contributed by atoms with Crippen molar-refractivity contribution in [1.82, 2.24) is 23.7 Å². The number of imidazole rings is 1. The summed E-state index contributed by atoms with van der Waals surface area (Å²) in [7, 11) is -1.73. The molecule has 3 saturated heterocycles. The van der Waals surface area contributed by atoms with Crippen LogP contribution in [0.5, 0.6) is 0 Å². The van der Waals surface area contributed by atoms with Crippen LogP contribution in [0.25, 0.3) is 0 Å². The van der Waals surface area contributed by atoms with Crippen LogP contribution < -0.4 is 0 Å². The van der Waals surface area contributed by atoms with Crippen molar-refractivity contribution >= 4 is 10.0 Å². The minimum atomic E-state index is -3.52. The van der Waals surface area contributed by atoms with E-state index in [0.717, 1.165) is 64.4 Å². The van der Waals surface area contributed by atoms with Crippen molar-refractivity contribution in [2.75, 3.05) is 52.4 Å². The van der Waals surface area contributed by atoms with E-state index >= 15 is 0 Å². The highest BCUT2D eigenvalue weighted by Crippen LogP contribution is 2.38. The normalized spacial score (nSPS) is 27.1. The number of piperazine rings is 1. The van der Waals surface area contributed by atoms with Gasteiger partial charge in [-0.25, -0.2) is 13.4 Å². The summed E-state index contributed by atoms with van der Waals surface area (Å²) in [6.07, 6.45) is 6.75. The monoisotopic (exact) mass is 439 g/mol. The Hall–Kier alpha value is -1.00. The molecule has 0 radical (unpaired) electrons. The molecule has 9 heteroatoms. The summed E-state index contributed by atoms with van der Waals surface area (Å²) in [6.45, 7) is 12.1. The number of hydrogen-bond acceptors (Lipinski definition) is 6. The summed E-state index contributed by atoms with van der Waals surface area (Å²) in [5.41, 5.74) is -0.173. The van der Waals surface area contributed by atoms with Gasteiger partial charge in [0, 0.05) is 71.7 Å². The van der Waals surface area contributed by atoms with Crippen molar-refractivity contribution in [2.45, 2.75) is 56.2 Å². The zero-order chi connectivity index (χ0) is 21.4. The molecule has 0 bridgehead atoms. The van der Waals surface area contributed by atoms with E-state index in [-0.39, 0.29) is 10.6 Å². The molecule has 1 spiro atoms. The van der Waals surface area contributed by atoms with Crippen LogP contribution >= 0.6 is 0 Å². The number of sulfonamides is 1. The SMILES string of the molecule is CC(C)CN1CCN([C@H]2CCOC3(CCN(S(=O)(=O)c4cn(C)cn4)CC3)C2)CC1. The Morgan fingerprint density at radius 3 is 2.47 bits per heavy atom. The summed E-state index contributed by atoms with van der Waals surface area (Å²) < 4.78 is 35.3. The average molecular weight is 440 g/mol. The zero-order valence-electron chi connectivity index (χ0n) is 18.7. The molecule has 1 aromatic rings. The van der Waals surface area contributed by atoms with Crippen molar-refractivity contribution in [3.8, 4) is 0 Å². The van der Waals surface area contributed by atoms with E-state index in [0.29, 0.717) is 19.1 Å². The van der Waals surface area contributed by atoms with Crippen molar-refractivity contribution in [1.29, 1.82) is 0 Å². The van der Waals surface area contributed by atoms with Crippen LogP contribution in [0, 0.1) is 5.92 Å². The van der Waals surface area contributed by atoms with Crippen LogP contribution in [0.4, 0.5) is 0 Å². The van der Waals surface area contributed by atoms with E-state index in [4.69, 9.17) is 4.74 Å². The standard InChI is InChI=1S/C21H37N5O3S/c1-18(2)15-24-9-11-25(12-10-24)19-4-13-29-21(14-19)5-7-26(8-6-21)30(27,28)20-16-23(3)17-22-20/h16-19H,4-15H2,1-3H3/t19-/m0/s1. The fraction of sp³-hybridized carbons (Fsp3) is 0.857. The maximum absolute atomic E-state index is 12.9. The van der Waals surface area contributed by atoms with Crippen LogP contribution in [-0.2, 0) is 21.8 Å². The number of nitrogens with zero attached hydrogens (tertiary/aromatic N) is 5. The van der Waals surface area contributed by atoms with Gasteiger partial charge in [-0.15, -0.1) is 0 Å². The summed E-state index contributed by atoms with van der Waals surface area (Å²) in [6, 6.07) is 0.555. The third-order valence-electron chi connectivity index (χ3n) is 6.93. The molecule has 30 heavy (non-hydrogen) atoms. The Morgan fingerprint density at radius 2 is 1.87 bits per heavy atom. The van der Waals surface area contributed by atoms with Crippen LogP contribution in [0.15, 0.2) is 17.6 Å². The van der Waals surface area contributed by atoms with Gasteiger partial charge in [-0.05, 0) is 31.6 Å². The van der Waals surface area contributed by atoms with Gasteiger partial charge in [-0.1, -0.05) is 13.8 Å². The highest BCUT2D eigenvalue weighted by molar-refractivity contribution is 7.89. The smallest absolute Gasteiger partial charge is 0.262 e. The van der Waals surface area contributed by atoms with E-state index in [2.05, 4.69) is 28.6 Å². The highest BCUT2D eigenvalue weighted by atomic mass is 32.2. The van der Waals surface area contributed by atoms with Gasteiger partial charge in [-0.2, -0.15) is 4.31 Å². The van der Waals surface area contributed by atoms with Gasteiger partial charge in [0.2, 0.25) is 0 Å². The third-order valence-corrected chi connectivity index (χ3v) is 8.72. The summed E-state index contributed by atoms with van der Waals surface area (Å²) >= 11 is 0. The molecule has 0 saturated carbocycles. The van der Waals surface area contributed by atoms with Crippen LogP contribution in [0.2, 0.25) is 0 Å². The number of hydrogen-bond donors (Lipinski definition) is 0. The Kier molecular flexibility index (Phi) is 6.56. The minimum Gasteiger partial charge on any atom is -0.375 e. The molecule has 1 aromatic heterocycles. The Labute approximate surface area is 181 Å². The molecule has 4 rings (SSSR count). The molecule has 0 N–H and O–H groups in total. The molecule has 3 fully saturated rings. The first-order valence-corrected chi connectivity index (χ1v) is 12.8. The number of rotatable bonds is 5. The minimum absolute atomic E-state index is 0.141. The first-order valence-electron chi connectivity index (χ1n) is 11.4. The van der Waals surface area contributed by atoms with E-state index in [1.165, 1.54) is 12.9 Å². The summed E-state index contributed by atoms with van der Waals surface area (Å²) in [5.74, 6) is 0.718. The van der Waals surface area contributed by atoms with Gasteiger partial charge in [0.15, 0.2) is 5.03 Å². The van der Waals surface area contributed by atoms with E-state index in [1.807, 2.05) is 0 Å². The lowest BCUT2D eigenvalue weighted by atomic mass is 9.82. The van der Waals surface area contributed by atoms with Gasteiger partial charge in [0.25, 0.3) is 10.0 Å². The van der Waals surface area contributed by atoms with Crippen molar-refractivity contribution in [2.24, 2.45) is 13.0 Å². The number of aryl methyl sites for hydroxylation is 1. The van der Waals surface area contributed by atoms with Gasteiger partial charge in [-0.3, -0.25) is 4.90 Å². The van der Waals surface area contributed by atoms with Crippen LogP contribution in [-0.4, -0.2) is 96.1 Å². The van der Waals surface area contributed by atoms with Crippen LogP contribution in [0.1, 0.15) is 39.5 Å². The number of aromatic nitrogens is 2.